The Morgan fingerprint density at radius 1 is 1.23 bits per heavy atom. The first-order chi connectivity index (χ1) is 14.5. The lowest BCUT2D eigenvalue weighted by Gasteiger charge is -2.20. The fraction of sp³-hybridized carbons (Fsp3) is 0.500. The molecule has 160 valence electrons. The first kappa shape index (κ1) is 21.6. The number of aromatic nitrogens is 4. The molecule has 1 aliphatic rings. The van der Waals surface area contributed by atoms with Gasteiger partial charge in [-0.3, -0.25) is 4.79 Å². The highest BCUT2D eigenvalue weighted by atomic mass is 16.5. The van der Waals surface area contributed by atoms with Gasteiger partial charge in [-0.1, -0.05) is 0 Å². The molecule has 0 saturated heterocycles. The van der Waals surface area contributed by atoms with E-state index in [0.29, 0.717) is 36.9 Å². The molecule has 1 N–H and O–H groups in total. The summed E-state index contributed by atoms with van der Waals surface area (Å²) in [6.07, 6.45) is 0.294. The molecule has 0 fully saturated rings. The number of pyridine rings is 1. The van der Waals surface area contributed by atoms with Crippen molar-refractivity contribution in [2.45, 2.75) is 40.7 Å². The molecule has 2 aromatic heterocycles. The Morgan fingerprint density at radius 3 is 2.67 bits per heavy atom. The summed E-state index contributed by atoms with van der Waals surface area (Å²) >= 11 is 0. The Morgan fingerprint density at radius 2 is 2.00 bits per heavy atom. The summed E-state index contributed by atoms with van der Waals surface area (Å²) in [4.78, 5) is 22.9. The van der Waals surface area contributed by atoms with Crippen LogP contribution in [-0.2, 0) is 16.1 Å². The predicted octanol–water partition coefficient (Wildman–Crippen LogP) is 1.84. The highest BCUT2D eigenvalue weighted by Crippen LogP contribution is 2.24. The van der Waals surface area contributed by atoms with Gasteiger partial charge in [0.15, 0.2) is 5.82 Å². The average molecular weight is 412 g/mol. The zero-order chi connectivity index (χ0) is 21.7. The fourth-order valence-electron chi connectivity index (χ4n) is 3.16. The average Bonchev–Trinajstić information content (AvgIpc) is 3.27. The highest BCUT2D eigenvalue weighted by molar-refractivity contribution is 6.48. The number of nitrogens with zero attached hydrogens (tertiary/aromatic N) is 7. The van der Waals surface area contributed by atoms with Crippen LogP contribution in [0.4, 0.5) is 11.5 Å². The van der Waals surface area contributed by atoms with E-state index in [1.807, 2.05) is 26.0 Å². The van der Waals surface area contributed by atoms with Crippen LogP contribution < -0.4 is 10.2 Å². The number of rotatable bonds is 9. The number of aryl methyl sites for hydroxylation is 1. The van der Waals surface area contributed by atoms with E-state index >= 15 is 0 Å². The number of fused-ring (bicyclic) bond motifs is 1. The SMILES string of the molecule is CCN(CC)c1ccc(N=C2C(C)=Nn3c(CNCCC(=O)OC)nnc32)c(C)n1. The molecule has 0 spiro atoms. The minimum atomic E-state index is -0.256. The number of anilines is 1. The van der Waals surface area contributed by atoms with E-state index in [4.69, 9.17) is 9.98 Å². The van der Waals surface area contributed by atoms with E-state index in [2.05, 4.69) is 44.1 Å². The van der Waals surface area contributed by atoms with E-state index in [1.165, 1.54) is 7.11 Å². The molecule has 30 heavy (non-hydrogen) atoms. The van der Waals surface area contributed by atoms with Crippen molar-refractivity contribution in [3.63, 3.8) is 0 Å². The molecule has 0 bridgehead atoms. The molecule has 0 unspecified atom stereocenters. The number of hydrogen-bond acceptors (Lipinski definition) is 9. The van der Waals surface area contributed by atoms with Crippen molar-refractivity contribution in [2.24, 2.45) is 10.1 Å². The Labute approximate surface area is 176 Å². The third-order valence-corrected chi connectivity index (χ3v) is 4.89. The van der Waals surface area contributed by atoms with Crippen molar-refractivity contribution in [3.8, 4) is 0 Å². The Hall–Kier alpha value is -3.14. The third kappa shape index (κ3) is 4.54. The number of carbonyl (C=O) groups excluding carboxylic acids is 1. The third-order valence-electron chi connectivity index (χ3n) is 4.89. The van der Waals surface area contributed by atoms with Crippen molar-refractivity contribution < 1.29 is 9.53 Å². The lowest BCUT2D eigenvalue weighted by atomic mass is 10.2. The lowest BCUT2D eigenvalue weighted by molar-refractivity contribution is -0.140. The molecule has 10 nitrogen and oxygen atoms in total. The molecule has 3 rings (SSSR count). The number of aliphatic imine (C=N–C) groups is 1. The maximum Gasteiger partial charge on any atom is 0.306 e. The molecular weight excluding hydrogens is 384 g/mol. The first-order valence-corrected chi connectivity index (χ1v) is 10.1. The summed E-state index contributed by atoms with van der Waals surface area (Å²) in [6, 6.07) is 3.97. The number of ether oxygens (including phenoxy) is 1. The Kier molecular flexibility index (Phi) is 6.88. The van der Waals surface area contributed by atoms with Crippen LogP contribution in [0.5, 0.6) is 0 Å². The van der Waals surface area contributed by atoms with Crippen LogP contribution in [0.25, 0.3) is 0 Å². The fourth-order valence-corrected chi connectivity index (χ4v) is 3.16. The quantitative estimate of drug-likeness (QED) is 0.494. The van der Waals surface area contributed by atoms with Crippen LogP contribution >= 0.6 is 0 Å². The van der Waals surface area contributed by atoms with Gasteiger partial charge in [0.2, 0.25) is 5.82 Å². The molecule has 1 aliphatic heterocycles. The van der Waals surface area contributed by atoms with E-state index in [9.17, 15) is 4.79 Å². The number of hydrogen-bond donors (Lipinski definition) is 1. The second-order valence-electron chi connectivity index (χ2n) is 6.85. The van der Waals surface area contributed by atoms with Crippen LogP contribution in [0.2, 0.25) is 0 Å². The Bertz CT molecular complexity index is 975. The van der Waals surface area contributed by atoms with Crippen LogP contribution in [0.15, 0.2) is 22.2 Å². The summed E-state index contributed by atoms with van der Waals surface area (Å²) < 4.78 is 6.32. The van der Waals surface area contributed by atoms with Gasteiger partial charge < -0.3 is 15.0 Å². The lowest BCUT2D eigenvalue weighted by Crippen LogP contribution is -2.23. The number of esters is 1. The van der Waals surface area contributed by atoms with Gasteiger partial charge >= 0.3 is 5.97 Å². The van der Waals surface area contributed by atoms with Crippen molar-refractivity contribution in [2.75, 3.05) is 31.6 Å². The largest absolute Gasteiger partial charge is 0.469 e. The van der Waals surface area contributed by atoms with Gasteiger partial charge in [0, 0.05) is 19.6 Å². The summed E-state index contributed by atoms with van der Waals surface area (Å²) in [5.41, 5.74) is 3.08. The van der Waals surface area contributed by atoms with Gasteiger partial charge in [0.05, 0.1) is 37.2 Å². The van der Waals surface area contributed by atoms with Gasteiger partial charge in [0.1, 0.15) is 11.5 Å². The second-order valence-corrected chi connectivity index (χ2v) is 6.85. The standard InChI is InChI=1S/C20H28N8O2/c1-6-27(7-2)16-9-8-15(13(3)22-16)23-19-14(4)26-28-17(24-25-20(19)28)12-21-11-10-18(29)30-5/h8-9,21H,6-7,10-12H2,1-5H3. The number of nitrogens with one attached hydrogen (secondary N) is 1. The molecule has 0 aliphatic carbocycles. The molecule has 0 radical (unpaired) electrons. The van der Waals surface area contributed by atoms with Crippen molar-refractivity contribution in [3.05, 3.63) is 29.5 Å². The molecule has 10 heteroatoms. The molecule has 0 aromatic carbocycles. The topological polar surface area (TPSA) is 110 Å². The molecule has 3 heterocycles. The smallest absolute Gasteiger partial charge is 0.306 e. The predicted molar refractivity (Wildman–Crippen MR) is 116 cm³/mol. The van der Waals surface area contributed by atoms with Gasteiger partial charge in [-0.05, 0) is 39.8 Å². The van der Waals surface area contributed by atoms with Gasteiger partial charge in [-0.2, -0.15) is 9.78 Å². The maximum atomic E-state index is 11.2. The minimum absolute atomic E-state index is 0.256. The summed E-state index contributed by atoms with van der Waals surface area (Å²) in [7, 11) is 1.38. The summed E-state index contributed by atoms with van der Waals surface area (Å²) in [5, 5.41) is 16.2. The van der Waals surface area contributed by atoms with Crippen LogP contribution in [-0.4, -0.2) is 64.0 Å². The van der Waals surface area contributed by atoms with E-state index in [-0.39, 0.29) is 5.97 Å². The first-order valence-electron chi connectivity index (χ1n) is 10.1. The zero-order valence-corrected chi connectivity index (χ0v) is 18.1. The zero-order valence-electron chi connectivity index (χ0n) is 18.1. The summed E-state index contributed by atoms with van der Waals surface area (Å²) in [6.45, 7) is 10.8. The molecular formula is C20H28N8O2. The van der Waals surface area contributed by atoms with Crippen molar-refractivity contribution in [1.82, 2.24) is 25.2 Å². The van der Waals surface area contributed by atoms with Crippen molar-refractivity contribution >= 4 is 28.9 Å². The van der Waals surface area contributed by atoms with Crippen LogP contribution in [0.1, 0.15) is 44.5 Å². The molecule has 0 amide bonds. The Balaban J connectivity index is 1.77. The van der Waals surface area contributed by atoms with Crippen LogP contribution in [0, 0.1) is 6.92 Å². The van der Waals surface area contributed by atoms with Gasteiger partial charge in [0.25, 0.3) is 0 Å². The van der Waals surface area contributed by atoms with Gasteiger partial charge in [-0.15, -0.1) is 10.2 Å². The van der Waals surface area contributed by atoms with Crippen LogP contribution in [0.3, 0.4) is 0 Å². The minimum Gasteiger partial charge on any atom is -0.469 e. The van der Waals surface area contributed by atoms with Crippen molar-refractivity contribution in [1.29, 1.82) is 0 Å². The maximum absolute atomic E-state index is 11.2. The molecule has 0 atom stereocenters. The van der Waals surface area contributed by atoms with Gasteiger partial charge in [-0.25, -0.2) is 9.98 Å². The molecule has 0 saturated carbocycles. The van der Waals surface area contributed by atoms with E-state index < -0.39 is 0 Å². The van der Waals surface area contributed by atoms with E-state index in [0.717, 1.165) is 36.0 Å². The highest BCUT2D eigenvalue weighted by Gasteiger charge is 2.25. The van der Waals surface area contributed by atoms with E-state index in [1.54, 1.807) is 4.68 Å². The second kappa shape index (κ2) is 9.57. The summed E-state index contributed by atoms with van der Waals surface area (Å²) in [5.74, 6) is 1.95. The number of methoxy groups -OCH3 is 1. The molecule has 2 aromatic rings. The normalized spacial score (nSPS) is 14.0. The monoisotopic (exact) mass is 412 g/mol. The number of carbonyl (C=O) groups is 1.